The third kappa shape index (κ3) is 1.82. The summed E-state index contributed by atoms with van der Waals surface area (Å²) in [5.74, 6) is 1.44. The molecule has 0 spiro atoms. The first-order chi connectivity index (χ1) is 7.74. The van der Waals surface area contributed by atoms with Gasteiger partial charge in [0.05, 0.1) is 7.11 Å². The first-order valence-corrected chi connectivity index (χ1v) is 4.91. The van der Waals surface area contributed by atoms with Crippen LogP contribution >= 0.6 is 0 Å². The number of aryl methyl sites for hydroxylation is 1. The number of nitrogens with one attached hydrogen (secondary N) is 1. The average molecular weight is 216 g/mol. The molecule has 1 aromatic carbocycles. The number of hydrogen-bond donors (Lipinski definition) is 1. The van der Waals surface area contributed by atoms with E-state index in [9.17, 15) is 4.79 Å². The molecule has 0 radical (unpaired) electrons. The maximum atomic E-state index is 10.7. The van der Waals surface area contributed by atoms with Crippen molar-refractivity contribution in [3.63, 3.8) is 0 Å². The van der Waals surface area contributed by atoms with Crippen LogP contribution in [0.25, 0.3) is 11.4 Å². The van der Waals surface area contributed by atoms with E-state index in [0.717, 1.165) is 23.3 Å². The molecule has 0 amide bonds. The standard InChI is InChI=1S/C12H12N2O2/c1-8-11(7-15)14-12(13-8)9-4-3-5-10(6-9)16-2/h3-7H,1-2H3,(H,13,14). The Hall–Kier alpha value is -2.10. The summed E-state index contributed by atoms with van der Waals surface area (Å²) in [7, 11) is 1.61. The van der Waals surface area contributed by atoms with Crippen LogP contribution in [0.5, 0.6) is 5.75 Å². The van der Waals surface area contributed by atoms with Crippen LogP contribution in [0, 0.1) is 6.92 Å². The molecule has 1 heterocycles. The number of H-pyrrole nitrogens is 1. The van der Waals surface area contributed by atoms with Gasteiger partial charge in [-0.15, -0.1) is 0 Å². The molecule has 0 saturated carbocycles. The summed E-state index contributed by atoms with van der Waals surface area (Å²) in [6.45, 7) is 1.82. The third-order valence-electron chi connectivity index (χ3n) is 2.38. The minimum atomic E-state index is 0.442. The molecule has 0 fully saturated rings. The molecular formula is C12H12N2O2. The molecule has 1 aromatic heterocycles. The molecule has 4 nitrogen and oxygen atoms in total. The Morgan fingerprint density at radius 1 is 1.44 bits per heavy atom. The van der Waals surface area contributed by atoms with Gasteiger partial charge >= 0.3 is 0 Å². The Kier molecular flexibility index (Phi) is 2.72. The highest BCUT2D eigenvalue weighted by Crippen LogP contribution is 2.21. The van der Waals surface area contributed by atoms with Crippen LogP contribution in [0.2, 0.25) is 0 Å². The van der Waals surface area contributed by atoms with Crippen molar-refractivity contribution in [2.24, 2.45) is 0 Å². The van der Waals surface area contributed by atoms with Crippen molar-refractivity contribution >= 4 is 6.29 Å². The monoisotopic (exact) mass is 216 g/mol. The number of hydrogen-bond acceptors (Lipinski definition) is 3. The largest absolute Gasteiger partial charge is 0.497 e. The van der Waals surface area contributed by atoms with Crippen LogP contribution in [0.3, 0.4) is 0 Å². The van der Waals surface area contributed by atoms with E-state index < -0.39 is 0 Å². The predicted octanol–water partition coefficient (Wildman–Crippen LogP) is 2.21. The van der Waals surface area contributed by atoms with Crippen LogP contribution in [0.1, 0.15) is 16.2 Å². The number of nitrogens with zero attached hydrogens (tertiary/aromatic N) is 1. The number of methoxy groups -OCH3 is 1. The highest BCUT2D eigenvalue weighted by atomic mass is 16.5. The number of aldehydes is 1. The molecule has 82 valence electrons. The quantitative estimate of drug-likeness (QED) is 0.800. The summed E-state index contributed by atoms with van der Waals surface area (Å²) in [5.41, 5.74) is 2.11. The summed E-state index contributed by atoms with van der Waals surface area (Å²) >= 11 is 0. The second-order valence-corrected chi connectivity index (χ2v) is 3.45. The predicted molar refractivity (Wildman–Crippen MR) is 60.7 cm³/mol. The Morgan fingerprint density at radius 2 is 2.25 bits per heavy atom. The van der Waals surface area contributed by atoms with Gasteiger partial charge < -0.3 is 9.72 Å². The normalized spacial score (nSPS) is 10.1. The van der Waals surface area contributed by atoms with E-state index in [1.54, 1.807) is 7.11 Å². The average Bonchev–Trinajstić information content (AvgIpc) is 2.71. The first kappa shape index (κ1) is 10.4. The second kappa shape index (κ2) is 4.18. The molecule has 2 rings (SSSR count). The van der Waals surface area contributed by atoms with Gasteiger partial charge in [-0.2, -0.15) is 0 Å². The van der Waals surface area contributed by atoms with Crippen molar-refractivity contribution in [3.05, 3.63) is 35.7 Å². The van der Waals surface area contributed by atoms with Crippen LogP contribution in [-0.2, 0) is 0 Å². The number of carbonyl (C=O) groups is 1. The van der Waals surface area contributed by atoms with Crippen molar-refractivity contribution in [1.29, 1.82) is 0 Å². The fourth-order valence-corrected chi connectivity index (χ4v) is 1.50. The van der Waals surface area contributed by atoms with Crippen molar-refractivity contribution in [1.82, 2.24) is 9.97 Å². The third-order valence-corrected chi connectivity index (χ3v) is 2.38. The molecule has 0 unspecified atom stereocenters. The van der Waals surface area contributed by atoms with E-state index in [4.69, 9.17) is 4.74 Å². The SMILES string of the molecule is COc1cccc(-c2nc(C=O)c(C)[nH]2)c1. The van der Waals surface area contributed by atoms with Crippen molar-refractivity contribution in [2.45, 2.75) is 6.92 Å². The molecule has 1 N–H and O–H groups in total. The van der Waals surface area contributed by atoms with Gasteiger partial charge in [0.2, 0.25) is 0 Å². The van der Waals surface area contributed by atoms with E-state index in [1.165, 1.54) is 0 Å². The zero-order chi connectivity index (χ0) is 11.5. The van der Waals surface area contributed by atoms with E-state index in [-0.39, 0.29) is 0 Å². The number of aromatic amines is 1. The lowest BCUT2D eigenvalue weighted by Gasteiger charge is -2.01. The summed E-state index contributed by atoms with van der Waals surface area (Å²) in [5, 5.41) is 0. The van der Waals surface area contributed by atoms with Crippen molar-refractivity contribution < 1.29 is 9.53 Å². The van der Waals surface area contributed by atoms with Crippen LogP contribution in [0.4, 0.5) is 0 Å². The number of benzene rings is 1. The number of rotatable bonds is 3. The molecule has 0 saturated heterocycles. The van der Waals surface area contributed by atoms with E-state index in [2.05, 4.69) is 9.97 Å². The smallest absolute Gasteiger partial charge is 0.170 e. The van der Waals surface area contributed by atoms with Crippen LogP contribution in [0.15, 0.2) is 24.3 Å². The van der Waals surface area contributed by atoms with E-state index >= 15 is 0 Å². The Balaban J connectivity index is 2.45. The second-order valence-electron chi connectivity index (χ2n) is 3.45. The fourth-order valence-electron chi connectivity index (χ4n) is 1.50. The zero-order valence-corrected chi connectivity index (χ0v) is 9.15. The first-order valence-electron chi connectivity index (χ1n) is 4.91. The van der Waals surface area contributed by atoms with Gasteiger partial charge in [0.15, 0.2) is 6.29 Å². The molecule has 2 aromatic rings. The lowest BCUT2D eigenvalue weighted by Crippen LogP contribution is -1.85. The minimum Gasteiger partial charge on any atom is -0.497 e. The van der Waals surface area contributed by atoms with Gasteiger partial charge in [0, 0.05) is 11.3 Å². The molecule has 0 aliphatic rings. The molecule has 0 atom stereocenters. The zero-order valence-electron chi connectivity index (χ0n) is 9.15. The maximum absolute atomic E-state index is 10.7. The fraction of sp³-hybridized carbons (Fsp3) is 0.167. The topological polar surface area (TPSA) is 55.0 Å². The van der Waals surface area contributed by atoms with Crippen molar-refractivity contribution in [3.8, 4) is 17.1 Å². The summed E-state index contributed by atoms with van der Waals surface area (Å²) < 4.78 is 5.13. The Bertz CT molecular complexity index is 517. The highest BCUT2D eigenvalue weighted by molar-refractivity contribution is 5.75. The summed E-state index contributed by atoms with van der Waals surface area (Å²) in [4.78, 5) is 17.9. The van der Waals surface area contributed by atoms with Crippen molar-refractivity contribution in [2.75, 3.05) is 7.11 Å². The molecule has 0 aliphatic carbocycles. The van der Waals surface area contributed by atoms with Gasteiger partial charge in [-0.25, -0.2) is 4.98 Å². The van der Waals surface area contributed by atoms with Gasteiger partial charge in [-0.3, -0.25) is 4.79 Å². The molecule has 16 heavy (non-hydrogen) atoms. The number of imidazole rings is 1. The molecule has 0 bridgehead atoms. The lowest BCUT2D eigenvalue weighted by molar-refractivity contribution is 0.111. The van der Waals surface area contributed by atoms with Crippen LogP contribution in [-0.4, -0.2) is 23.4 Å². The highest BCUT2D eigenvalue weighted by Gasteiger charge is 2.07. The number of carbonyl (C=O) groups excluding carboxylic acids is 1. The van der Waals surface area contributed by atoms with Crippen LogP contribution < -0.4 is 4.74 Å². The molecule has 4 heteroatoms. The van der Waals surface area contributed by atoms with Gasteiger partial charge in [0.25, 0.3) is 0 Å². The van der Waals surface area contributed by atoms with E-state index in [0.29, 0.717) is 11.5 Å². The van der Waals surface area contributed by atoms with Gasteiger partial charge in [-0.1, -0.05) is 12.1 Å². The Morgan fingerprint density at radius 3 is 2.88 bits per heavy atom. The summed E-state index contributed by atoms with van der Waals surface area (Å²) in [6, 6.07) is 7.52. The minimum absolute atomic E-state index is 0.442. The number of ether oxygens (including phenoxy) is 1. The lowest BCUT2D eigenvalue weighted by atomic mass is 10.2. The Labute approximate surface area is 93.3 Å². The molecule has 0 aliphatic heterocycles. The van der Waals surface area contributed by atoms with E-state index in [1.807, 2.05) is 31.2 Å². The van der Waals surface area contributed by atoms with Gasteiger partial charge in [0.1, 0.15) is 17.3 Å². The maximum Gasteiger partial charge on any atom is 0.170 e. The summed E-state index contributed by atoms with van der Waals surface area (Å²) in [6.07, 6.45) is 0.746. The van der Waals surface area contributed by atoms with Gasteiger partial charge in [-0.05, 0) is 19.1 Å². The number of aromatic nitrogens is 2. The molecular weight excluding hydrogens is 204 g/mol.